The first-order chi connectivity index (χ1) is 15.3. The van der Waals surface area contributed by atoms with Crippen molar-refractivity contribution < 1.29 is 13.2 Å². The molecule has 2 aromatic carbocycles. The fraction of sp³-hybridized carbons (Fsp3) is 0.391. The molecule has 170 valence electrons. The topological polar surface area (TPSA) is 78.8 Å². The summed E-state index contributed by atoms with van der Waals surface area (Å²) < 4.78 is 27.9. The van der Waals surface area contributed by atoms with Crippen molar-refractivity contribution in [1.82, 2.24) is 18.8 Å². The molecule has 0 N–H and O–H groups in total. The predicted octanol–water partition coefficient (Wildman–Crippen LogP) is 2.10. The number of imidazole rings is 1. The molecule has 0 aliphatic carbocycles. The van der Waals surface area contributed by atoms with Crippen molar-refractivity contribution in [3.05, 3.63) is 54.4 Å². The number of benzene rings is 2. The van der Waals surface area contributed by atoms with Crippen molar-refractivity contribution in [3.63, 3.8) is 0 Å². The molecular formula is C23H29N5O3S. The number of carbonyl (C=O) groups is 1. The highest BCUT2D eigenvalue weighted by atomic mass is 32.2. The molecule has 0 atom stereocenters. The third-order valence-electron chi connectivity index (χ3n) is 6.04. The Bertz CT molecular complexity index is 1210. The first-order valence-electron chi connectivity index (χ1n) is 10.7. The molecular weight excluding hydrogens is 426 g/mol. The molecule has 2 heterocycles. The number of carbonyl (C=O) groups excluding carboxylic acids is 1. The van der Waals surface area contributed by atoms with Gasteiger partial charge in [0.2, 0.25) is 15.9 Å². The zero-order valence-corrected chi connectivity index (χ0v) is 19.5. The van der Waals surface area contributed by atoms with Gasteiger partial charge < -0.3 is 14.4 Å². The Kier molecular flexibility index (Phi) is 6.21. The minimum Gasteiger partial charge on any atom is -0.368 e. The first-order valence-corrected chi connectivity index (χ1v) is 12.2. The number of aryl methyl sites for hydroxylation is 2. The summed E-state index contributed by atoms with van der Waals surface area (Å²) in [5.41, 5.74) is 2.66. The lowest BCUT2D eigenvalue weighted by Gasteiger charge is -2.36. The van der Waals surface area contributed by atoms with Crippen molar-refractivity contribution in [2.24, 2.45) is 7.05 Å². The monoisotopic (exact) mass is 455 g/mol. The van der Waals surface area contributed by atoms with Gasteiger partial charge in [0.05, 0.1) is 15.9 Å². The zero-order chi connectivity index (χ0) is 22.9. The van der Waals surface area contributed by atoms with Crippen molar-refractivity contribution in [2.45, 2.75) is 17.7 Å². The van der Waals surface area contributed by atoms with E-state index in [0.29, 0.717) is 31.4 Å². The normalized spacial score (nSPS) is 15.0. The van der Waals surface area contributed by atoms with Crippen LogP contribution in [0.2, 0.25) is 0 Å². The van der Waals surface area contributed by atoms with Crippen LogP contribution >= 0.6 is 0 Å². The number of hydrogen-bond donors (Lipinski definition) is 0. The lowest BCUT2D eigenvalue weighted by Crippen LogP contribution is -2.48. The molecule has 0 radical (unpaired) electrons. The van der Waals surface area contributed by atoms with Crippen LogP contribution in [-0.4, -0.2) is 73.4 Å². The summed E-state index contributed by atoms with van der Waals surface area (Å²) in [6, 6.07) is 15.2. The first kappa shape index (κ1) is 22.3. The van der Waals surface area contributed by atoms with Crippen LogP contribution in [0.4, 0.5) is 5.69 Å². The number of rotatable bonds is 6. The molecule has 3 aromatic rings. The minimum absolute atomic E-state index is 0.126. The summed E-state index contributed by atoms with van der Waals surface area (Å²) in [5.74, 6) is 0.899. The van der Waals surface area contributed by atoms with Gasteiger partial charge in [-0.05, 0) is 30.3 Å². The summed E-state index contributed by atoms with van der Waals surface area (Å²) in [6.45, 7) is 3.07. The summed E-state index contributed by atoms with van der Waals surface area (Å²) in [5, 5.41) is 0. The lowest BCUT2D eigenvalue weighted by molar-refractivity contribution is -0.131. The van der Waals surface area contributed by atoms with E-state index < -0.39 is 10.0 Å². The Morgan fingerprint density at radius 3 is 2.38 bits per heavy atom. The maximum Gasteiger partial charge on any atom is 0.242 e. The second kappa shape index (κ2) is 8.91. The summed E-state index contributed by atoms with van der Waals surface area (Å²) in [6.07, 6.45) is 0.893. The fourth-order valence-corrected chi connectivity index (χ4v) is 4.98. The molecule has 1 fully saturated rings. The average molecular weight is 456 g/mol. The van der Waals surface area contributed by atoms with E-state index in [0.717, 1.165) is 24.4 Å². The van der Waals surface area contributed by atoms with Crippen LogP contribution in [0.3, 0.4) is 0 Å². The number of sulfonamides is 1. The van der Waals surface area contributed by atoms with Gasteiger partial charge in [-0.2, -0.15) is 0 Å². The number of anilines is 1. The number of para-hydroxylation sites is 1. The van der Waals surface area contributed by atoms with E-state index in [9.17, 15) is 13.2 Å². The van der Waals surface area contributed by atoms with Crippen LogP contribution in [0, 0.1) is 0 Å². The largest absolute Gasteiger partial charge is 0.368 e. The molecule has 1 aromatic heterocycles. The van der Waals surface area contributed by atoms with E-state index in [1.165, 1.54) is 24.1 Å². The molecule has 4 rings (SSSR count). The highest BCUT2D eigenvalue weighted by Crippen LogP contribution is 2.22. The van der Waals surface area contributed by atoms with Crippen molar-refractivity contribution >= 4 is 32.7 Å². The molecule has 8 nitrogen and oxygen atoms in total. The molecule has 1 amide bonds. The van der Waals surface area contributed by atoms with Gasteiger partial charge in [-0.3, -0.25) is 4.79 Å². The third-order valence-corrected chi connectivity index (χ3v) is 7.85. The molecule has 0 unspecified atom stereocenters. The van der Waals surface area contributed by atoms with E-state index in [1.54, 1.807) is 18.2 Å². The maximum absolute atomic E-state index is 12.8. The Morgan fingerprint density at radius 1 is 1.03 bits per heavy atom. The van der Waals surface area contributed by atoms with Crippen molar-refractivity contribution in [2.75, 3.05) is 45.2 Å². The van der Waals surface area contributed by atoms with Crippen LogP contribution in [0.1, 0.15) is 12.2 Å². The molecule has 1 aliphatic rings. The summed E-state index contributed by atoms with van der Waals surface area (Å²) in [4.78, 5) is 21.8. The Hall–Kier alpha value is -2.91. The van der Waals surface area contributed by atoms with Gasteiger partial charge in [0.1, 0.15) is 5.82 Å². The number of piperazine rings is 1. The number of nitrogens with zero attached hydrogens (tertiary/aromatic N) is 5. The van der Waals surface area contributed by atoms with Gasteiger partial charge in [0.25, 0.3) is 0 Å². The molecule has 1 saturated heterocycles. The van der Waals surface area contributed by atoms with Crippen LogP contribution in [0.15, 0.2) is 53.4 Å². The Labute approximate surface area is 189 Å². The summed E-state index contributed by atoms with van der Waals surface area (Å²) >= 11 is 0. The van der Waals surface area contributed by atoms with E-state index in [4.69, 9.17) is 0 Å². The van der Waals surface area contributed by atoms with E-state index in [1.807, 2.05) is 34.7 Å². The highest BCUT2D eigenvalue weighted by Gasteiger charge is 2.22. The van der Waals surface area contributed by atoms with Crippen molar-refractivity contribution in [3.8, 4) is 0 Å². The van der Waals surface area contributed by atoms with Gasteiger partial charge in [-0.1, -0.05) is 18.2 Å². The van der Waals surface area contributed by atoms with Gasteiger partial charge in [-0.25, -0.2) is 17.7 Å². The second-order valence-electron chi connectivity index (χ2n) is 8.23. The lowest BCUT2D eigenvalue weighted by atomic mass is 10.2. The van der Waals surface area contributed by atoms with E-state index in [2.05, 4.69) is 22.0 Å². The van der Waals surface area contributed by atoms with E-state index in [-0.39, 0.29) is 10.8 Å². The maximum atomic E-state index is 12.8. The molecule has 0 saturated carbocycles. The quantitative estimate of drug-likeness (QED) is 0.569. The van der Waals surface area contributed by atoms with Crippen LogP contribution in [0.25, 0.3) is 11.0 Å². The smallest absolute Gasteiger partial charge is 0.242 e. The van der Waals surface area contributed by atoms with Gasteiger partial charge in [0, 0.05) is 65.9 Å². The van der Waals surface area contributed by atoms with Gasteiger partial charge in [-0.15, -0.1) is 0 Å². The number of hydrogen-bond acceptors (Lipinski definition) is 5. The van der Waals surface area contributed by atoms with Crippen LogP contribution < -0.4 is 4.90 Å². The van der Waals surface area contributed by atoms with E-state index >= 15 is 0 Å². The highest BCUT2D eigenvalue weighted by molar-refractivity contribution is 7.89. The number of fused-ring (bicyclic) bond motifs is 1. The van der Waals surface area contributed by atoms with Crippen LogP contribution in [-0.2, 0) is 28.3 Å². The summed E-state index contributed by atoms with van der Waals surface area (Å²) in [7, 11) is 1.40. The number of amides is 1. The van der Waals surface area contributed by atoms with Crippen LogP contribution in [0.5, 0.6) is 0 Å². The molecule has 0 spiro atoms. The Balaban J connectivity index is 1.40. The standard InChI is InChI=1S/C23H29N5O3S/c1-25(2)32(30,31)19-9-10-21-20(17-19)24-22(26(21)3)11-12-23(29)28-15-13-27(14-16-28)18-7-5-4-6-8-18/h4-10,17H,11-16H2,1-3H3. The van der Waals surface area contributed by atoms with Gasteiger partial charge >= 0.3 is 0 Å². The van der Waals surface area contributed by atoms with Crippen molar-refractivity contribution in [1.29, 1.82) is 0 Å². The third kappa shape index (κ3) is 4.35. The molecule has 1 aliphatic heterocycles. The predicted molar refractivity (Wildman–Crippen MR) is 125 cm³/mol. The van der Waals surface area contributed by atoms with Gasteiger partial charge in [0.15, 0.2) is 0 Å². The second-order valence-corrected chi connectivity index (χ2v) is 10.4. The average Bonchev–Trinajstić information content (AvgIpc) is 3.13. The molecule has 32 heavy (non-hydrogen) atoms. The fourth-order valence-electron chi connectivity index (χ4n) is 4.05. The SMILES string of the molecule is CN(C)S(=O)(=O)c1ccc2c(c1)nc(CCC(=O)N1CCN(c3ccccc3)CC1)n2C. The molecule has 9 heteroatoms. The molecule has 0 bridgehead atoms. The number of aromatic nitrogens is 2. The Morgan fingerprint density at radius 2 is 1.72 bits per heavy atom. The zero-order valence-electron chi connectivity index (χ0n) is 18.7. The minimum atomic E-state index is -3.52.